The summed E-state index contributed by atoms with van der Waals surface area (Å²) in [4.78, 5) is 23.9. The van der Waals surface area contributed by atoms with Crippen molar-refractivity contribution in [2.24, 2.45) is 7.05 Å². The molecule has 0 radical (unpaired) electrons. The Labute approximate surface area is 148 Å². The number of anilines is 1. The number of aromatic nitrogens is 5. The number of para-hydroxylation sites is 1. The van der Waals surface area contributed by atoms with Crippen LogP contribution in [0.15, 0.2) is 48.8 Å². The van der Waals surface area contributed by atoms with Gasteiger partial charge >= 0.3 is 0 Å². The van der Waals surface area contributed by atoms with Crippen LogP contribution in [0.2, 0.25) is 0 Å². The number of aromatic amines is 1. The number of benzene rings is 1. The first-order valence-corrected chi connectivity index (χ1v) is 7.94. The van der Waals surface area contributed by atoms with Gasteiger partial charge in [0.1, 0.15) is 23.5 Å². The van der Waals surface area contributed by atoms with Crippen molar-refractivity contribution in [3.63, 3.8) is 0 Å². The molecule has 2 N–H and O–H groups in total. The van der Waals surface area contributed by atoms with Crippen LogP contribution in [0.25, 0.3) is 22.3 Å². The van der Waals surface area contributed by atoms with Gasteiger partial charge in [-0.05, 0) is 30.3 Å². The zero-order chi connectivity index (χ0) is 18.1. The molecular weight excluding hydrogens is 332 g/mol. The highest BCUT2D eigenvalue weighted by atomic mass is 16.5. The number of aryl methyl sites for hydroxylation is 1. The Morgan fingerprint density at radius 3 is 2.85 bits per heavy atom. The quantitative estimate of drug-likeness (QED) is 0.591. The summed E-state index contributed by atoms with van der Waals surface area (Å²) in [6, 6.07) is 13.4. The molecule has 8 nitrogen and oxygen atoms in total. The number of methoxy groups -OCH3 is 1. The number of rotatable bonds is 4. The fraction of sp³-hybridized carbons (Fsp3) is 0.111. The lowest BCUT2D eigenvalue weighted by molar-refractivity contribution is 0.101. The minimum absolute atomic E-state index is 0.216. The van der Waals surface area contributed by atoms with Gasteiger partial charge in [-0.15, -0.1) is 0 Å². The van der Waals surface area contributed by atoms with Crippen molar-refractivity contribution in [3.8, 4) is 17.0 Å². The molecule has 1 amide bonds. The van der Waals surface area contributed by atoms with E-state index in [1.54, 1.807) is 20.2 Å². The summed E-state index contributed by atoms with van der Waals surface area (Å²) in [7, 11) is 3.29. The zero-order valence-corrected chi connectivity index (χ0v) is 14.2. The Morgan fingerprint density at radius 1 is 1.23 bits per heavy atom. The van der Waals surface area contributed by atoms with Crippen molar-refractivity contribution in [3.05, 3.63) is 54.6 Å². The molecule has 0 fully saturated rings. The molecule has 0 atom stereocenters. The molecule has 0 aliphatic heterocycles. The van der Waals surface area contributed by atoms with E-state index in [2.05, 4.69) is 25.4 Å². The Morgan fingerprint density at radius 2 is 2.08 bits per heavy atom. The monoisotopic (exact) mass is 348 g/mol. The lowest BCUT2D eigenvalue weighted by Crippen LogP contribution is -2.18. The van der Waals surface area contributed by atoms with E-state index < -0.39 is 0 Å². The number of nitrogens with zero attached hydrogens (tertiary/aromatic N) is 4. The number of amides is 1. The normalized spacial score (nSPS) is 10.8. The predicted molar refractivity (Wildman–Crippen MR) is 97.0 cm³/mol. The second-order valence-corrected chi connectivity index (χ2v) is 5.68. The predicted octanol–water partition coefficient (Wildman–Crippen LogP) is 2.62. The van der Waals surface area contributed by atoms with Crippen LogP contribution in [0.4, 0.5) is 5.82 Å². The van der Waals surface area contributed by atoms with E-state index in [9.17, 15) is 4.79 Å². The third-order valence-corrected chi connectivity index (χ3v) is 4.03. The van der Waals surface area contributed by atoms with Gasteiger partial charge in [-0.1, -0.05) is 12.1 Å². The lowest BCUT2D eigenvalue weighted by Gasteiger charge is -2.05. The van der Waals surface area contributed by atoms with Gasteiger partial charge in [0.05, 0.1) is 12.8 Å². The van der Waals surface area contributed by atoms with E-state index in [4.69, 9.17) is 4.74 Å². The molecule has 0 unspecified atom stereocenters. The topological polar surface area (TPSA) is 97.7 Å². The maximum Gasteiger partial charge on any atom is 0.294 e. The van der Waals surface area contributed by atoms with E-state index in [1.165, 1.54) is 11.0 Å². The first kappa shape index (κ1) is 15.8. The second-order valence-electron chi connectivity index (χ2n) is 5.68. The van der Waals surface area contributed by atoms with Crippen molar-refractivity contribution in [1.82, 2.24) is 24.7 Å². The maximum absolute atomic E-state index is 12.2. The molecule has 130 valence electrons. The van der Waals surface area contributed by atoms with Gasteiger partial charge in [-0.25, -0.2) is 14.6 Å². The van der Waals surface area contributed by atoms with Crippen molar-refractivity contribution in [2.45, 2.75) is 0 Å². The van der Waals surface area contributed by atoms with Gasteiger partial charge in [0, 0.05) is 18.0 Å². The second kappa shape index (κ2) is 6.32. The molecule has 0 saturated carbocycles. The number of hydrogen-bond donors (Lipinski definition) is 2. The van der Waals surface area contributed by atoms with Crippen LogP contribution < -0.4 is 10.1 Å². The van der Waals surface area contributed by atoms with Crippen molar-refractivity contribution in [1.29, 1.82) is 0 Å². The third-order valence-electron chi connectivity index (χ3n) is 4.03. The summed E-state index contributed by atoms with van der Waals surface area (Å²) in [5.74, 6) is 1.05. The van der Waals surface area contributed by atoms with Crippen molar-refractivity contribution < 1.29 is 9.53 Å². The first-order chi connectivity index (χ1) is 12.7. The standard InChI is InChI=1S/C18H16N6O2/c1-24-17(19-10-20-24)18(25)23-15-8-7-11-9-13(21-16(11)22-15)12-5-3-4-6-14(12)26-2/h3-10H,1-2H3,(H2,21,22,23,25). The molecule has 0 bridgehead atoms. The van der Waals surface area contributed by atoms with E-state index >= 15 is 0 Å². The SMILES string of the molecule is COc1ccccc1-c1cc2ccc(NC(=O)c3ncnn3C)nc2[nH]1. The lowest BCUT2D eigenvalue weighted by atomic mass is 10.1. The van der Waals surface area contributed by atoms with E-state index in [1.807, 2.05) is 36.4 Å². The first-order valence-electron chi connectivity index (χ1n) is 7.94. The summed E-state index contributed by atoms with van der Waals surface area (Å²) in [6.07, 6.45) is 1.33. The van der Waals surface area contributed by atoms with E-state index in [0.29, 0.717) is 11.5 Å². The van der Waals surface area contributed by atoms with E-state index in [-0.39, 0.29) is 11.7 Å². The Hall–Kier alpha value is -3.68. The molecule has 3 aromatic heterocycles. The summed E-state index contributed by atoms with van der Waals surface area (Å²) in [5, 5.41) is 7.55. The molecule has 0 aliphatic rings. The number of hydrogen-bond acceptors (Lipinski definition) is 5. The average molecular weight is 348 g/mol. The highest BCUT2D eigenvalue weighted by molar-refractivity contribution is 6.01. The summed E-state index contributed by atoms with van der Waals surface area (Å²) in [6.45, 7) is 0. The molecule has 0 saturated heterocycles. The Bertz CT molecular complexity index is 1100. The van der Waals surface area contributed by atoms with Gasteiger partial charge < -0.3 is 15.0 Å². The van der Waals surface area contributed by atoms with Crippen LogP contribution in [0.5, 0.6) is 5.75 Å². The smallest absolute Gasteiger partial charge is 0.294 e. The van der Waals surface area contributed by atoms with Gasteiger partial charge in [0.15, 0.2) is 0 Å². The van der Waals surface area contributed by atoms with Crippen molar-refractivity contribution in [2.75, 3.05) is 12.4 Å². The molecule has 26 heavy (non-hydrogen) atoms. The van der Waals surface area contributed by atoms with Crippen LogP contribution in [0, 0.1) is 0 Å². The fourth-order valence-electron chi connectivity index (χ4n) is 2.76. The maximum atomic E-state index is 12.2. The zero-order valence-electron chi connectivity index (χ0n) is 14.2. The van der Waals surface area contributed by atoms with Crippen molar-refractivity contribution >= 4 is 22.8 Å². The van der Waals surface area contributed by atoms with Gasteiger partial charge in [0.25, 0.3) is 5.91 Å². The van der Waals surface area contributed by atoms with Crippen LogP contribution >= 0.6 is 0 Å². The molecular formula is C18H16N6O2. The number of H-pyrrole nitrogens is 1. The summed E-state index contributed by atoms with van der Waals surface area (Å²) < 4.78 is 6.82. The number of fused-ring (bicyclic) bond motifs is 1. The summed E-state index contributed by atoms with van der Waals surface area (Å²) in [5.41, 5.74) is 2.50. The molecule has 8 heteroatoms. The highest BCUT2D eigenvalue weighted by Crippen LogP contribution is 2.31. The van der Waals surface area contributed by atoms with Crippen LogP contribution in [-0.2, 0) is 7.05 Å². The Balaban J connectivity index is 1.66. The molecule has 0 aliphatic carbocycles. The molecule has 3 heterocycles. The third kappa shape index (κ3) is 2.77. The number of nitrogens with one attached hydrogen (secondary N) is 2. The largest absolute Gasteiger partial charge is 0.496 e. The molecule has 4 rings (SSSR count). The van der Waals surface area contributed by atoms with Crippen LogP contribution in [-0.4, -0.2) is 37.7 Å². The molecule has 1 aromatic carbocycles. The minimum Gasteiger partial charge on any atom is -0.496 e. The average Bonchev–Trinajstić information content (AvgIpc) is 3.27. The Kier molecular flexibility index (Phi) is 3.85. The van der Waals surface area contributed by atoms with Crippen LogP contribution in [0.3, 0.4) is 0 Å². The minimum atomic E-state index is -0.367. The fourth-order valence-corrected chi connectivity index (χ4v) is 2.76. The number of carbonyl (C=O) groups is 1. The van der Waals surface area contributed by atoms with Crippen LogP contribution in [0.1, 0.15) is 10.6 Å². The summed E-state index contributed by atoms with van der Waals surface area (Å²) >= 11 is 0. The van der Waals surface area contributed by atoms with Gasteiger partial charge in [-0.3, -0.25) is 4.79 Å². The number of pyridine rings is 1. The van der Waals surface area contributed by atoms with Gasteiger partial charge in [-0.2, -0.15) is 5.10 Å². The number of ether oxygens (including phenoxy) is 1. The van der Waals surface area contributed by atoms with E-state index in [0.717, 1.165) is 22.4 Å². The molecule has 4 aromatic rings. The molecule has 0 spiro atoms. The number of carbonyl (C=O) groups excluding carboxylic acids is 1. The van der Waals surface area contributed by atoms with Gasteiger partial charge in [0.2, 0.25) is 5.82 Å². The highest BCUT2D eigenvalue weighted by Gasteiger charge is 2.14.